The summed E-state index contributed by atoms with van der Waals surface area (Å²) in [6.45, 7) is 4.76. The van der Waals surface area contributed by atoms with E-state index in [4.69, 9.17) is 26.1 Å². The van der Waals surface area contributed by atoms with Crippen molar-refractivity contribution in [3.05, 3.63) is 87.4 Å². The molecule has 1 fully saturated rings. The van der Waals surface area contributed by atoms with Crippen molar-refractivity contribution in [2.24, 2.45) is 0 Å². The van der Waals surface area contributed by atoms with Crippen LogP contribution in [0.1, 0.15) is 28.3 Å². The van der Waals surface area contributed by atoms with E-state index in [0.29, 0.717) is 46.0 Å². The Labute approximate surface area is 221 Å². The molecule has 1 atom stereocenters. The maximum absolute atomic E-state index is 13.5. The molecule has 6 rings (SSSR count). The van der Waals surface area contributed by atoms with Crippen molar-refractivity contribution in [3.8, 4) is 11.5 Å². The van der Waals surface area contributed by atoms with E-state index in [2.05, 4.69) is 0 Å². The second kappa shape index (κ2) is 8.90. The number of halogens is 1. The molecule has 0 aliphatic carbocycles. The smallest absolute Gasteiger partial charge is 0.301 e. The molecule has 0 saturated carbocycles. The van der Waals surface area contributed by atoms with Gasteiger partial charge < -0.3 is 14.6 Å². The first kappa shape index (κ1) is 23.5. The van der Waals surface area contributed by atoms with Gasteiger partial charge in [-0.25, -0.2) is 4.98 Å². The van der Waals surface area contributed by atoms with Crippen molar-refractivity contribution >= 4 is 55.7 Å². The first-order valence-electron chi connectivity index (χ1n) is 11.7. The summed E-state index contributed by atoms with van der Waals surface area (Å²) in [6.07, 6.45) is 0. The normalized spacial score (nSPS) is 18.6. The summed E-state index contributed by atoms with van der Waals surface area (Å²) in [5.41, 5.74) is 3.69. The van der Waals surface area contributed by atoms with E-state index in [0.717, 1.165) is 21.3 Å². The number of ketones is 1. The number of amides is 1. The number of ether oxygens (including phenoxy) is 2. The fourth-order valence-corrected chi connectivity index (χ4v) is 6.20. The standard InChI is InChI=1S/C28H21ClN2O5S/c1-14-10-15(2)23-21(11-14)37-28(30-23)31-24(16-4-3-5-18(29)12-16)22(26(33)27(31)34)25(32)17-6-7-19-20(13-17)36-9-8-35-19/h3-7,10-13,24,32H,8-9H2,1-2H3/b25-22+. The number of nitrogens with zero attached hydrogens (tertiary/aromatic N) is 2. The Morgan fingerprint density at radius 1 is 1.05 bits per heavy atom. The Bertz CT molecular complexity index is 1640. The van der Waals surface area contributed by atoms with E-state index in [9.17, 15) is 14.7 Å². The molecule has 0 bridgehead atoms. The number of Topliss-reactive ketones (excluding diaryl/α,β-unsaturated/α-hetero) is 1. The van der Waals surface area contributed by atoms with Crippen molar-refractivity contribution < 1.29 is 24.2 Å². The van der Waals surface area contributed by atoms with Gasteiger partial charge in [-0.3, -0.25) is 14.5 Å². The van der Waals surface area contributed by atoms with Crippen molar-refractivity contribution in [1.82, 2.24) is 4.98 Å². The number of hydrogen-bond donors (Lipinski definition) is 1. The maximum Gasteiger partial charge on any atom is 0.301 e. The average Bonchev–Trinajstić information content (AvgIpc) is 3.42. The summed E-state index contributed by atoms with van der Waals surface area (Å²) in [7, 11) is 0. The van der Waals surface area contributed by atoms with Gasteiger partial charge in [-0.15, -0.1) is 0 Å². The quantitative estimate of drug-likeness (QED) is 0.199. The summed E-state index contributed by atoms with van der Waals surface area (Å²) in [5, 5.41) is 12.2. The SMILES string of the molecule is Cc1cc(C)c2nc(N3C(=O)C(=O)/C(=C(/O)c4ccc5c(c4)OCCO5)C3c3cccc(Cl)c3)sc2c1. The second-order valence-electron chi connectivity index (χ2n) is 9.01. The predicted octanol–water partition coefficient (Wildman–Crippen LogP) is 5.96. The molecule has 2 aliphatic rings. The Morgan fingerprint density at radius 3 is 2.62 bits per heavy atom. The van der Waals surface area contributed by atoms with E-state index in [-0.39, 0.29) is 11.3 Å². The number of aryl methyl sites for hydroxylation is 2. The molecule has 9 heteroatoms. The number of anilines is 1. The van der Waals surface area contributed by atoms with Gasteiger partial charge in [0.2, 0.25) is 0 Å². The van der Waals surface area contributed by atoms with Crippen LogP contribution < -0.4 is 14.4 Å². The molecule has 1 amide bonds. The molecule has 4 aromatic rings. The number of aliphatic hydroxyl groups is 1. The first-order chi connectivity index (χ1) is 17.8. The van der Waals surface area contributed by atoms with E-state index in [1.54, 1.807) is 42.5 Å². The zero-order chi connectivity index (χ0) is 25.8. The molecule has 1 N–H and O–H groups in total. The Kier molecular flexibility index (Phi) is 5.66. The molecule has 1 saturated heterocycles. The van der Waals surface area contributed by atoms with Gasteiger partial charge in [-0.05, 0) is 66.9 Å². The highest BCUT2D eigenvalue weighted by Crippen LogP contribution is 2.45. The third-order valence-corrected chi connectivity index (χ3v) is 7.69. The van der Waals surface area contributed by atoms with E-state index in [1.807, 2.05) is 26.0 Å². The van der Waals surface area contributed by atoms with Gasteiger partial charge >= 0.3 is 5.91 Å². The lowest BCUT2D eigenvalue weighted by Crippen LogP contribution is -2.29. The predicted molar refractivity (Wildman–Crippen MR) is 143 cm³/mol. The molecule has 0 spiro atoms. The lowest BCUT2D eigenvalue weighted by atomic mass is 9.95. The van der Waals surface area contributed by atoms with Gasteiger partial charge in [0.1, 0.15) is 19.0 Å². The molecule has 0 radical (unpaired) electrons. The average molecular weight is 533 g/mol. The number of thiazole rings is 1. The number of rotatable bonds is 3. The highest BCUT2D eigenvalue weighted by molar-refractivity contribution is 7.22. The zero-order valence-corrected chi connectivity index (χ0v) is 21.5. The first-order valence-corrected chi connectivity index (χ1v) is 12.9. The van der Waals surface area contributed by atoms with Crippen LogP contribution >= 0.6 is 22.9 Å². The van der Waals surface area contributed by atoms with E-state index >= 15 is 0 Å². The van der Waals surface area contributed by atoms with Crippen molar-refractivity contribution in [2.75, 3.05) is 18.1 Å². The monoisotopic (exact) mass is 532 g/mol. The fraction of sp³-hybridized carbons (Fsp3) is 0.179. The van der Waals surface area contributed by atoms with Crippen molar-refractivity contribution in [1.29, 1.82) is 0 Å². The van der Waals surface area contributed by atoms with Crippen LogP contribution in [0.2, 0.25) is 5.02 Å². The molecule has 1 unspecified atom stereocenters. The molecule has 3 heterocycles. The van der Waals surface area contributed by atoms with Crippen LogP contribution in [0.15, 0.2) is 60.2 Å². The van der Waals surface area contributed by atoms with Crippen molar-refractivity contribution in [2.45, 2.75) is 19.9 Å². The maximum atomic E-state index is 13.5. The molecule has 7 nitrogen and oxygen atoms in total. The van der Waals surface area contributed by atoms with E-state index in [1.165, 1.54) is 16.2 Å². The minimum absolute atomic E-state index is 0.0453. The largest absolute Gasteiger partial charge is 0.507 e. The van der Waals surface area contributed by atoms with Gasteiger partial charge in [0.25, 0.3) is 5.78 Å². The second-order valence-corrected chi connectivity index (χ2v) is 10.5. The van der Waals surface area contributed by atoms with Gasteiger partial charge in [-0.2, -0.15) is 0 Å². The minimum Gasteiger partial charge on any atom is -0.507 e. The topological polar surface area (TPSA) is 89.0 Å². The van der Waals surface area contributed by atoms with Crippen LogP contribution in [0.4, 0.5) is 5.13 Å². The molecule has 3 aromatic carbocycles. The Hall–Kier alpha value is -3.88. The number of hydrogen-bond acceptors (Lipinski definition) is 7. The number of fused-ring (bicyclic) bond motifs is 2. The van der Waals surface area contributed by atoms with Crippen molar-refractivity contribution in [3.63, 3.8) is 0 Å². The summed E-state index contributed by atoms with van der Waals surface area (Å²) in [4.78, 5) is 33.1. The molecule has 186 valence electrons. The van der Waals surface area contributed by atoms with Crippen LogP contribution in [0.25, 0.3) is 16.0 Å². The Morgan fingerprint density at radius 2 is 1.84 bits per heavy atom. The zero-order valence-electron chi connectivity index (χ0n) is 19.9. The van der Waals surface area contributed by atoms with Crippen LogP contribution in [-0.4, -0.2) is 35.0 Å². The summed E-state index contributed by atoms with van der Waals surface area (Å²) in [6, 6.07) is 14.9. The fourth-order valence-electron chi connectivity index (χ4n) is 4.83. The number of aromatic nitrogens is 1. The highest BCUT2D eigenvalue weighted by Gasteiger charge is 2.48. The van der Waals surface area contributed by atoms with Crippen LogP contribution in [0.5, 0.6) is 11.5 Å². The third-order valence-electron chi connectivity index (χ3n) is 6.45. The lowest BCUT2D eigenvalue weighted by Gasteiger charge is -2.23. The van der Waals surface area contributed by atoms with Crippen LogP contribution in [0.3, 0.4) is 0 Å². The minimum atomic E-state index is -0.922. The summed E-state index contributed by atoms with van der Waals surface area (Å²) in [5.74, 6) is -0.867. The van der Waals surface area contributed by atoms with E-state index < -0.39 is 17.7 Å². The van der Waals surface area contributed by atoms with Gasteiger partial charge in [0, 0.05) is 10.6 Å². The summed E-state index contributed by atoms with van der Waals surface area (Å²) < 4.78 is 12.1. The lowest BCUT2D eigenvalue weighted by molar-refractivity contribution is -0.132. The molecular formula is C28H21ClN2O5S. The third kappa shape index (κ3) is 3.93. The Balaban J connectivity index is 1.55. The van der Waals surface area contributed by atoms with Crippen LogP contribution in [-0.2, 0) is 9.59 Å². The highest BCUT2D eigenvalue weighted by atomic mass is 35.5. The molecule has 1 aromatic heterocycles. The number of aliphatic hydroxyl groups excluding tert-OH is 1. The molecule has 37 heavy (non-hydrogen) atoms. The van der Waals surface area contributed by atoms with Gasteiger partial charge in [-0.1, -0.05) is 41.1 Å². The van der Waals surface area contributed by atoms with Gasteiger partial charge in [0.05, 0.1) is 21.8 Å². The number of benzene rings is 3. The number of carbonyl (C=O) groups excluding carboxylic acids is 2. The number of carbonyl (C=O) groups is 2. The summed E-state index contributed by atoms with van der Waals surface area (Å²) >= 11 is 7.63. The molecule has 2 aliphatic heterocycles. The van der Waals surface area contributed by atoms with Crippen LogP contribution in [0, 0.1) is 13.8 Å². The molecular weight excluding hydrogens is 512 g/mol. The van der Waals surface area contributed by atoms with Gasteiger partial charge in [0.15, 0.2) is 16.6 Å².